The molecule has 0 radical (unpaired) electrons. The zero-order valence-electron chi connectivity index (χ0n) is 9.99. The summed E-state index contributed by atoms with van der Waals surface area (Å²) >= 11 is 0. The predicted molar refractivity (Wildman–Crippen MR) is 62.9 cm³/mol. The van der Waals surface area contributed by atoms with Crippen LogP contribution in [-0.4, -0.2) is 13.7 Å². The van der Waals surface area contributed by atoms with Gasteiger partial charge in [-0.05, 0) is 37.0 Å². The lowest BCUT2D eigenvalue weighted by Gasteiger charge is -2.29. The minimum Gasteiger partial charge on any atom is -0.228 e. The Morgan fingerprint density at radius 2 is 1.67 bits per heavy atom. The van der Waals surface area contributed by atoms with Gasteiger partial charge in [0.15, 0.2) is 0 Å². The van der Waals surface area contributed by atoms with Crippen molar-refractivity contribution in [1.29, 1.82) is 0 Å². The summed E-state index contributed by atoms with van der Waals surface area (Å²) in [5.41, 5.74) is 0.285. The van der Waals surface area contributed by atoms with Crippen LogP contribution in [0.25, 0.3) is 0 Å². The van der Waals surface area contributed by atoms with Gasteiger partial charge in [-0.15, -0.1) is 0 Å². The van der Waals surface area contributed by atoms with Crippen LogP contribution in [0.2, 0.25) is 0 Å². The molecule has 1 aliphatic carbocycles. The van der Waals surface area contributed by atoms with Crippen molar-refractivity contribution in [3.05, 3.63) is 0 Å². The van der Waals surface area contributed by atoms with E-state index in [1.54, 1.807) is 0 Å². The average Bonchev–Trinajstić information content (AvgIpc) is 2.24. The maximum absolute atomic E-state index is 11.3. The molecule has 2 atom stereocenters. The Kier molecular flexibility index (Phi) is 3.82. The van der Waals surface area contributed by atoms with E-state index in [1.807, 2.05) is 0 Å². The third-order valence-electron chi connectivity index (χ3n) is 3.61. The molecular formula is C11H23NO2S. The van der Waals surface area contributed by atoms with E-state index in [4.69, 9.17) is 5.14 Å². The van der Waals surface area contributed by atoms with Crippen molar-refractivity contribution in [3.8, 4) is 0 Å². The van der Waals surface area contributed by atoms with Gasteiger partial charge in [0.05, 0.1) is 5.25 Å². The van der Waals surface area contributed by atoms with Crippen molar-refractivity contribution >= 4 is 10.0 Å². The van der Waals surface area contributed by atoms with Crippen LogP contribution in [-0.2, 0) is 10.0 Å². The lowest BCUT2D eigenvalue weighted by atomic mass is 9.76. The molecule has 0 saturated heterocycles. The Hall–Kier alpha value is -0.0900. The van der Waals surface area contributed by atoms with Crippen molar-refractivity contribution < 1.29 is 8.42 Å². The van der Waals surface area contributed by atoms with Gasteiger partial charge in [0.25, 0.3) is 0 Å². The maximum Gasteiger partial charge on any atom is 0.211 e. The monoisotopic (exact) mass is 233 g/mol. The van der Waals surface area contributed by atoms with Crippen LogP contribution in [0.1, 0.15) is 52.9 Å². The highest BCUT2D eigenvalue weighted by molar-refractivity contribution is 7.89. The molecule has 1 fully saturated rings. The van der Waals surface area contributed by atoms with Crippen LogP contribution in [0.3, 0.4) is 0 Å². The number of rotatable bonds is 1. The minimum absolute atomic E-state index is 0.285. The Bertz CT molecular complexity index is 303. The molecule has 90 valence electrons. The van der Waals surface area contributed by atoms with E-state index >= 15 is 0 Å². The second-order valence-electron chi connectivity index (χ2n) is 5.78. The van der Waals surface area contributed by atoms with Crippen molar-refractivity contribution in [2.75, 3.05) is 0 Å². The highest BCUT2D eigenvalue weighted by Crippen LogP contribution is 2.37. The Labute approximate surface area is 93.5 Å². The highest BCUT2D eigenvalue weighted by Gasteiger charge is 2.31. The molecule has 0 aliphatic heterocycles. The highest BCUT2D eigenvalue weighted by atomic mass is 32.2. The molecule has 1 aliphatic rings. The SMILES string of the molecule is CC(C)(C)C1CCCC(S(N)(=O)=O)CC1. The van der Waals surface area contributed by atoms with Gasteiger partial charge in [-0.1, -0.05) is 27.2 Å². The van der Waals surface area contributed by atoms with Crippen molar-refractivity contribution in [2.45, 2.75) is 58.1 Å². The Morgan fingerprint density at radius 1 is 1.07 bits per heavy atom. The summed E-state index contributed by atoms with van der Waals surface area (Å²) in [6.07, 6.45) is 4.59. The molecule has 1 saturated carbocycles. The number of hydrogen-bond acceptors (Lipinski definition) is 2. The lowest BCUT2D eigenvalue weighted by molar-refractivity contribution is 0.215. The van der Waals surface area contributed by atoms with Crippen LogP contribution in [0, 0.1) is 11.3 Å². The van der Waals surface area contributed by atoms with E-state index in [2.05, 4.69) is 20.8 Å². The van der Waals surface area contributed by atoms with Gasteiger partial charge < -0.3 is 0 Å². The van der Waals surface area contributed by atoms with Gasteiger partial charge in [0.2, 0.25) is 10.0 Å². The quantitative estimate of drug-likeness (QED) is 0.706. The molecule has 0 aromatic rings. The molecule has 0 amide bonds. The fourth-order valence-corrected chi connectivity index (χ4v) is 3.42. The van der Waals surface area contributed by atoms with E-state index in [0.29, 0.717) is 5.92 Å². The van der Waals surface area contributed by atoms with Gasteiger partial charge in [-0.3, -0.25) is 0 Å². The number of nitrogens with two attached hydrogens (primary N) is 1. The molecule has 1 rings (SSSR count). The van der Waals surface area contributed by atoms with Gasteiger partial charge in [-0.25, -0.2) is 13.6 Å². The fourth-order valence-electron chi connectivity index (χ4n) is 2.46. The van der Waals surface area contributed by atoms with E-state index in [-0.39, 0.29) is 10.7 Å². The molecule has 3 nitrogen and oxygen atoms in total. The summed E-state index contributed by atoms with van der Waals surface area (Å²) in [6.45, 7) is 6.69. The van der Waals surface area contributed by atoms with E-state index in [9.17, 15) is 8.42 Å². The number of sulfonamides is 1. The van der Waals surface area contributed by atoms with Crippen LogP contribution in [0.4, 0.5) is 0 Å². The fraction of sp³-hybridized carbons (Fsp3) is 1.00. The second kappa shape index (κ2) is 4.42. The predicted octanol–water partition coefficient (Wildman–Crippen LogP) is 2.27. The summed E-state index contributed by atoms with van der Waals surface area (Å²) in [5.74, 6) is 0.629. The van der Waals surface area contributed by atoms with E-state index in [0.717, 1.165) is 32.1 Å². The first-order valence-corrected chi connectivity index (χ1v) is 7.34. The normalized spacial score (nSPS) is 29.9. The van der Waals surface area contributed by atoms with Crippen molar-refractivity contribution in [2.24, 2.45) is 16.5 Å². The smallest absolute Gasteiger partial charge is 0.211 e. The van der Waals surface area contributed by atoms with Gasteiger partial charge in [-0.2, -0.15) is 0 Å². The van der Waals surface area contributed by atoms with Gasteiger partial charge in [0.1, 0.15) is 0 Å². The average molecular weight is 233 g/mol. The minimum atomic E-state index is -3.32. The molecule has 0 aromatic heterocycles. The maximum atomic E-state index is 11.3. The summed E-state index contributed by atoms with van der Waals surface area (Å²) in [7, 11) is -3.32. The Balaban J connectivity index is 2.65. The molecule has 2 N–H and O–H groups in total. The molecule has 0 heterocycles. The summed E-state index contributed by atoms with van der Waals surface area (Å²) in [6, 6.07) is 0. The van der Waals surface area contributed by atoms with Crippen LogP contribution in [0.5, 0.6) is 0 Å². The van der Waals surface area contributed by atoms with Crippen LogP contribution < -0.4 is 5.14 Å². The van der Waals surface area contributed by atoms with E-state index in [1.165, 1.54) is 0 Å². The zero-order valence-corrected chi connectivity index (χ0v) is 10.8. The third-order valence-corrected chi connectivity index (χ3v) is 5.01. The lowest BCUT2D eigenvalue weighted by Crippen LogP contribution is -2.28. The Morgan fingerprint density at radius 3 is 2.13 bits per heavy atom. The largest absolute Gasteiger partial charge is 0.228 e. The first-order chi connectivity index (χ1) is 6.71. The summed E-state index contributed by atoms with van der Waals surface area (Å²) in [5, 5.41) is 4.91. The molecule has 15 heavy (non-hydrogen) atoms. The molecule has 0 bridgehead atoms. The molecule has 0 aromatic carbocycles. The summed E-state index contributed by atoms with van der Waals surface area (Å²) < 4.78 is 22.5. The summed E-state index contributed by atoms with van der Waals surface area (Å²) in [4.78, 5) is 0. The van der Waals surface area contributed by atoms with Crippen molar-refractivity contribution in [3.63, 3.8) is 0 Å². The molecule has 2 unspecified atom stereocenters. The topological polar surface area (TPSA) is 60.2 Å². The van der Waals surface area contributed by atoms with Crippen LogP contribution >= 0.6 is 0 Å². The standard InChI is InChI=1S/C11H23NO2S/c1-11(2,3)9-5-4-6-10(8-7-9)15(12,13)14/h9-10H,4-8H2,1-3H3,(H2,12,13,14). The number of hydrogen-bond donors (Lipinski definition) is 1. The first kappa shape index (κ1) is 13.0. The first-order valence-electron chi connectivity index (χ1n) is 5.73. The second-order valence-corrected chi connectivity index (χ2v) is 7.63. The molecule has 0 spiro atoms. The third kappa shape index (κ3) is 3.76. The van der Waals surface area contributed by atoms with Gasteiger partial charge >= 0.3 is 0 Å². The number of primary sulfonamides is 1. The molecule has 4 heteroatoms. The van der Waals surface area contributed by atoms with Crippen molar-refractivity contribution in [1.82, 2.24) is 0 Å². The molecular weight excluding hydrogens is 210 g/mol. The van der Waals surface area contributed by atoms with Crippen LogP contribution in [0.15, 0.2) is 0 Å². The zero-order chi connectivity index (χ0) is 11.7. The van der Waals surface area contributed by atoms with Gasteiger partial charge in [0, 0.05) is 0 Å². The van der Waals surface area contributed by atoms with E-state index < -0.39 is 10.0 Å².